The first kappa shape index (κ1) is 16.1. The van der Waals surface area contributed by atoms with Gasteiger partial charge in [0, 0.05) is 5.56 Å². The molecule has 0 bridgehead atoms. The Morgan fingerprint density at radius 3 is 2.67 bits per heavy atom. The van der Waals surface area contributed by atoms with E-state index in [1.54, 1.807) is 13.2 Å². The van der Waals surface area contributed by atoms with Gasteiger partial charge >= 0.3 is 0 Å². The summed E-state index contributed by atoms with van der Waals surface area (Å²) >= 11 is 0. The Morgan fingerprint density at radius 1 is 1.17 bits per heavy atom. The summed E-state index contributed by atoms with van der Waals surface area (Å²) in [5.74, 6) is 2.45. The Balaban J connectivity index is 1.83. The highest BCUT2D eigenvalue weighted by Crippen LogP contribution is 2.39. The summed E-state index contributed by atoms with van der Waals surface area (Å²) in [6.45, 7) is 6.06. The van der Waals surface area contributed by atoms with Gasteiger partial charge in [0.25, 0.3) is 0 Å². The Morgan fingerprint density at radius 2 is 1.96 bits per heavy atom. The Bertz CT molecular complexity index is 830. The van der Waals surface area contributed by atoms with Crippen molar-refractivity contribution in [2.75, 3.05) is 7.11 Å². The number of benzene rings is 2. The average Bonchev–Trinajstić information content (AvgIpc) is 2.92. The van der Waals surface area contributed by atoms with Crippen LogP contribution in [-0.2, 0) is 6.61 Å². The van der Waals surface area contributed by atoms with Crippen LogP contribution in [0.1, 0.15) is 35.3 Å². The maximum absolute atomic E-state index is 12.3. The molecule has 0 spiro atoms. The van der Waals surface area contributed by atoms with Crippen LogP contribution in [-0.4, -0.2) is 12.9 Å². The van der Waals surface area contributed by atoms with E-state index in [1.165, 1.54) is 0 Å². The van der Waals surface area contributed by atoms with Gasteiger partial charge in [0.05, 0.1) is 12.7 Å². The molecule has 124 valence electrons. The molecule has 1 heterocycles. The third kappa shape index (κ3) is 2.87. The van der Waals surface area contributed by atoms with E-state index in [4.69, 9.17) is 14.2 Å². The smallest absolute Gasteiger partial charge is 0.231 e. The van der Waals surface area contributed by atoms with Crippen molar-refractivity contribution in [1.29, 1.82) is 0 Å². The molecule has 2 aromatic rings. The number of ketones is 1. The molecule has 4 heteroatoms. The van der Waals surface area contributed by atoms with Gasteiger partial charge in [-0.2, -0.15) is 0 Å². The summed E-state index contributed by atoms with van der Waals surface area (Å²) in [7, 11) is 1.64. The molecule has 1 aliphatic rings. The van der Waals surface area contributed by atoms with Gasteiger partial charge in [-0.15, -0.1) is 0 Å². The monoisotopic (exact) mass is 324 g/mol. The standard InChI is InChI=1S/C20H20O4/c1-12(2)19-18(21)16-8-9-17(13(3)20(16)24-19)23-11-14-6-5-7-15(10-14)22-4/h5-10H,11H2,1-4H3. The number of carbonyl (C=O) groups is 1. The minimum absolute atomic E-state index is 0.0626. The third-order valence-electron chi connectivity index (χ3n) is 3.99. The first-order valence-electron chi connectivity index (χ1n) is 7.80. The molecule has 0 unspecified atom stereocenters. The highest BCUT2D eigenvalue weighted by atomic mass is 16.5. The van der Waals surface area contributed by atoms with E-state index < -0.39 is 0 Å². The lowest BCUT2D eigenvalue weighted by molar-refractivity contribution is 0.101. The topological polar surface area (TPSA) is 44.8 Å². The number of methoxy groups -OCH3 is 1. The lowest BCUT2D eigenvalue weighted by atomic mass is 10.1. The highest BCUT2D eigenvalue weighted by molar-refractivity contribution is 6.13. The van der Waals surface area contributed by atoms with E-state index in [9.17, 15) is 4.79 Å². The van der Waals surface area contributed by atoms with Crippen molar-refractivity contribution in [3.63, 3.8) is 0 Å². The molecule has 0 fully saturated rings. The lowest BCUT2D eigenvalue weighted by Gasteiger charge is -2.12. The molecule has 0 aliphatic carbocycles. The minimum Gasteiger partial charge on any atom is -0.497 e. The molecule has 0 aromatic heterocycles. The molecule has 3 rings (SSSR count). The average molecular weight is 324 g/mol. The fourth-order valence-electron chi connectivity index (χ4n) is 2.66. The summed E-state index contributed by atoms with van der Waals surface area (Å²) < 4.78 is 16.9. The van der Waals surface area contributed by atoms with Crippen molar-refractivity contribution in [3.05, 3.63) is 64.4 Å². The third-order valence-corrected chi connectivity index (χ3v) is 3.99. The van der Waals surface area contributed by atoms with Crippen LogP contribution in [0.2, 0.25) is 0 Å². The second-order valence-corrected chi connectivity index (χ2v) is 5.97. The SMILES string of the molecule is COc1cccc(COc2ccc3c(c2C)OC(=C(C)C)C3=O)c1. The number of Topliss-reactive ketones (excluding diaryl/α,β-unsaturated/α-hetero) is 1. The predicted octanol–water partition coefficient (Wildman–Crippen LogP) is 4.45. The largest absolute Gasteiger partial charge is 0.497 e. The van der Waals surface area contributed by atoms with E-state index in [-0.39, 0.29) is 5.78 Å². The fourth-order valence-corrected chi connectivity index (χ4v) is 2.66. The number of carbonyl (C=O) groups excluding carboxylic acids is 1. The van der Waals surface area contributed by atoms with Crippen LogP contribution in [0, 0.1) is 6.92 Å². The van der Waals surface area contributed by atoms with Crippen molar-refractivity contribution in [2.45, 2.75) is 27.4 Å². The Labute approximate surface area is 141 Å². The van der Waals surface area contributed by atoms with Crippen LogP contribution < -0.4 is 14.2 Å². The van der Waals surface area contributed by atoms with Crippen LogP contribution in [0.3, 0.4) is 0 Å². The second-order valence-electron chi connectivity index (χ2n) is 5.97. The van der Waals surface area contributed by atoms with Gasteiger partial charge in [-0.1, -0.05) is 12.1 Å². The molecule has 4 nitrogen and oxygen atoms in total. The first-order valence-corrected chi connectivity index (χ1v) is 7.80. The van der Waals surface area contributed by atoms with Gasteiger partial charge in [-0.3, -0.25) is 4.79 Å². The zero-order valence-electron chi connectivity index (χ0n) is 14.3. The quantitative estimate of drug-likeness (QED) is 0.779. The highest BCUT2D eigenvalue weighted by Gasteiger charge is 2.30. The molecular formula is C20H20O4. The lowest BCUT2D eigenvalue weighted by Crippen LogP contribution is -2.00. The molecule has 0 saturated heterocycles. The zero-order valence-corrected chi connectivity index (χ0v) is 14.3. The van der Waals surface area contributed by atoms with Crippen molar-refractivity contribution in [1.82, 2.24) is 0 Å². The number of fused-ring (bicyclic) bond motifs is 1. The molecule has 0 saturated carbocycles. The molecule has 0 N–H and O–H groups in total. The number of allylic oxidation sites excluding steroid dienone is 2. The molecule has 2 aromatic carbocycles. The molecule has 0 radical (unpaired) electrons. The predicted molar refractivity (Wildman–Crippen MR) is 91.8 cm³/mol. The first-order chi connectivity index (χ1) is 11.5. The van der Waals surface area contributed by atoms with Crippen molar-refractivity contribution < 1.29 is 19.0 Å². The summed E-state index contributed by atoms with van der Waals surface area (Å²) in [6.07, 6.45) is 0. The second kappa shape index (κ2) is 6.40. The molecule has 0 amide bonds. The molecule has 0 atom stereocenters. The molecular weight excluding hydrogens is 304 g/mol. The molecule has 24 heavy (non-hydrogen) atoms. The molecule has 1 aliphatic heterocycles. The van der Waals surface area contributed by atoms with Gasteiger partial charge < -0.3 is 14.2 Å². The summed E-state index contributed by atoms with van der Waals surface area (Å²) in [5.41, 5.74) is 3.31. The van der Waals surface area contributed by atoms with Gasteiger partial charge in [-0.25, -0.2) is 0 Å². The van der Waals surface area contributed by atoms with Crippen LogP contribution in [0.25, 0.3) is 0 Å². The van der Waals surface area contributed by atoms with E-state index in [0.717, 1.165) is 22.4 Å². The van der Waals surface area contributed by atoms with Crippen LogP contribution >= 0.6 is 0 Å². The van der Waals surface area contributed by atoms with Gasteiger partial charge in [0.15, 0.2) is 5.76 Å². The van der Waals surface area contributed by atoms with Gasteiger partial charge in [0.1, 0.15) is 23.9 Å². The summed E-state index contributed by atoms with van der Waals surface area (Å²) in [6, 6.07) is 11.3. The fraction of sp³-hybridized carbons (Fsp3) is 0.250. The maximum atomic E-state index is 12.3. The zero-order chi connectivity index (χ0) is 17.3. The van der Waals surface area contributed by atoms with Crippen LogP contribution in [0.4, 0.5) is 0 Å². The normalized spacial score (nSPS) is 12.7. The van der Waals surface area contributed by atoms with Gasteiger partial charge in [-0.05, 0) is 56.2 Å². The Hall–Kier alpha value is -2.75. The summed E-state index contributed by atoms with van der Waals surface area (Å²) in [4.78, 5) is 12.3. The summed E-state index contributed by atoms with van der Waals surface area (Å²) in [5, 5.41) is 0. The minimum atomic E-state index is -0.0626. The number of hydrogen-bond acceptors (Lipinski definition) is 4. The van der Waals surface area contributed by atoms with E-state index in [1.807, 2.05) is 51.1 Å². The van der Waals surface area contributed by atoms with Crippen molar-refractivity contribution >= 4 is 5.78 Å². The van der Waals surface area contributed by atoms with E-state index >= 15 is 0 Å². The van der Waals surface area contributed by atoms with Crippen LogP contribution in [0.5, 0.6) is 17.2 Å². The van der Waals surface area contributed by atoms with E-state index in [0.29, 0.717) is 29.4 Å². The number of rotatable bonds is 4. The van der Waals surface area contributed by atoms with Crippen LogP contribution in [0.15, 0.2) is 47.7 Å². The van der Waals surface area contributed by atoms with Crippen molar-refractivity contribution in [3.8, 4) is 17.2 Å². The number of ether oxygens (including phenoxy) is 3. The van der Waals surface area contributed by atoms with E-state index in [2.05, 4.69) is 0 Å². The van der Waals surface area contributed by atoms with Gasteiger partial charge in [0.2, 0.25) is 5.78 Å². The Kier molecular flexibility index (Phi) is 4.30. The maximum Gasteiger partial charge on any atom is 0.231 e. The van der Waals surface area contributed by atoms with Crippen molar-refractivity contribution in [2.24, 2.45) is 0 Å². The number of hydrogen-bond donors (Lipinski definition) is 0.